The van der Waals surface area contributed by atoms with E-state index in [1.165, 1.54) is 0 Å². The Labute approximate surface area is 82.7 Å². The molecule has 0 unspecified atom stereocenters. The van der Waals surface area contributed by atoms with E-state index in [1.54, 1.807) is 0 Å². The average Bonchev–Trinajstić information content (AvgIpc) is 2.02. The highest BCUT2D eigenvalue weighted by atomic mass is 16.5. The number of hydrogen-bond acceptors (Lipinski definition) is 3. The van der Waals surface area contributed by atoms with E-state index < -0.39 is 18.1 Å². The van der Waals surface area contributed by atoms with Crippen LogP contribution in [0.15, 0.2) is 12.8 Å². The molecule has 0 bridgehead atoms. The predicted molar refractivity (Wildman–Crippen MR) is 50.7 cm³/mol. The van der Waals surface area contributed by atoms with E-state index in [4.69, 9.17) is 5.11 Å². The van der Waals surface area contributed by atoms with Crippen LogP contribution in [0.1, 0.15) is 20.3 Å². The van der Waals surface area contributed by atoms with Crippen LogP contribution in [-0.2, 0) is 9.53 Å². The van der Waals surface area contributed by atoms with E-state index in [2.05, 4.69) is 16.6 Å². The molecule has 0 aliphatic carbocycles. The van der Waals surface area contributed by atoms with Crippen LogP contribution in [-0.4, -0.2) is 23.2 Å². The van der Waals surface area contributed by atoms with Gasteiger partial charge in [0.05, 0.1) is 6.26 Å². The fraction of sp³-hybridized carbons (Fsp3) is 0.556. The maximum Gasteiger partial charge on any atom is 0.412 e. The van der Waals surface area contributed by atoms with Gasteiger partial charge in [0.25, 0.3) is 0 Å². The summed E-state index contributed by atoms with van der Waals surface area (Å²) in [6.45, 7) is 6.93. The van der Waals surface area contributed by atoms with E-state index in [-0.39, 0.29) is 5.92 Å². The summed E-state index contributed by atoms with van der Waals surface area (Å²) in [6.07, 6.45) is 0.513. The van der Waals surface area contributed by atoms with Crippen LogP contribution in [0.4, 0.5) is 4.79 Å². The lowest BCUT2D eigenvalue weighted by Crippen LogP contribution is -2.41. The summed E-state index contributed by atoms with van der Waals surface area (Å²) in [6, 6.07) is -0.914. The number of carbonyl (C=O) groups is 2. The molecular weight excluding hydrogens is 186 g/mol. The quantitative estimate of drug-likeness (QED) is 0.658. The molecule has 5 nitrogen and oxygen atoms in total. The van der Waals surface area contributed by atoms with Crippen LogP contribution in [0.3, 0.4) is 0 Å². The number of amides is 1. The molecule has 2 N–H and O–H groups in total. The summed E-state index contributed by atoms with van der Waals surface area (Å²) < 4.78 is 4.35. The van der Waals surface area contributed by atoms with Crippen LogP contribution in [0.5, 0.6) is 0 Å². The number of carboxylic acids is 1. The van der Waals surface area contributed by atoms with Gasteiger partial charge in [-0.05, 0) is 12.3 Å². The Kier molecular flexibility index (Phi) is 5.36. The van der Waals surface area contributed by atoms with Crippen molar-refractivity contribution < 1.29 is 19.4 Å². The van der Waals surface area contributed by atoms with Gasteiger partial charge in [-0.15, -0.1) is 0 Å². The second-order valence-electron chi connectivity index (χ2n) is 3.24. The third kappa shape index (κ3) is 5.18. The molecule has 0 saturated carbocycles. The summed E-state index contributed by atoms with van der Waals surface area (Å²) in [4.78, 5) is 21.6. The molecular formula is C9H15NO4. The smallest absolute Gasteiger partial charge is 0.412 e. The van der Waals surface area contributed by atoms with Crippen LogP contribution < -0.4 is 5.32 Å². The first-order valence-corrected chi connectivity index (χ1v) is 4.28. The second kappa shape index (κ2) is 6.01. The molecule has 0 heterocycles. The van der Waals surface area contributed by atoms with Crippen molar-refractivity contribution in [2.24, 2.45) is 5.92 Å². The molecule has 0 fully saturated rings. The van der Waals surface area contributed by atoms with Crippen LogP contribution in [0.2, 0.25) is 0 Å². The van der Waals surface area contributed by atoms with Gasteiger partial charge in [-0.3, -0.25) is 0 Å². The Balaban J connectivity index is 4.15. The highest BCUT2D eigenvalue weighted by Crippen LogP contribution is 2.05. The Morgan fingerprint density at radius 3 is 2.50 bits per heavy atom. The minimum absolute atomic E-state index is 0.181. The molecule has 14 heavy (non-hydrogen) atoms. The average molecular weight is 201 g/mol. The molecule has 0 aliphatic rings. The summed E-state index contributed by atoms with van der Waals surface area (Å²) >= 11 is 0. The van der Waals surface area contributed by atoms with Crippen molar-refractivity contribution in [1.82, 2.24) is 5.32 Å². The number of alkyl carbamates (subject to hydrolysis) is 1. The fourth-order valence-corrected chi connectivity index (χ4v) is 0.945. The van der Waals surface area contributed by atoms with E-state index in [9.17, 15) is 9.59 Å². The number of rotatable bonds is 5. The summed E-state index contributed by atoms with van der Waals surface area (Å²) in [5.74, 6) is -0.889. The van der Waals surface area contributed by atoms with Crippen LogP contribution in [0.25, 0.3) is 0 Å². The third-order valence-corrected chi connectivity index (χ3v) is 1.49. The molecule has 0 aromatic rings. The second-order valence-corrected chi connectivity index (χ2v) is 3.24. The van der Waals surface area contributed by atoms with Gasteiger partial charge in [0, 0.05) is 0 Å². The zero-order valence-corrected chi connectivity index (χ0v) is 8.32. The molecule has 1 amide bonds. The number of carboxylic acid groups (broad SMARTS) is 1. The van der Waals surface area contributed by atoms with Gasteiger partial charge in [0.2, 0.25) is 0 Å². The van der Waals surface area contributed by atoms with Crippen molar-refractivity contribution in [2.45, 2.75) is 26.3 Å². The molecule has 0 saturated heterocycles. The van der Waals surface area contributed by atoms with Crippen LogP contribution in [0, 0.1) is 5.92 Å². The van der Waals surface area contributed by atoms with Gasteiger partial charge in [-0.1, -0.05) is 20.4 Å². The molecule has 0 aromatic heterocycles. The molecule has 0 rings (SSSR count). The Morgan fingerprint density at radius 1 is 1.57 bits per heavy atom. The zero-order chi connectivity index (χ0) is 11.1. The molecule has 1 atom stereocenters. The van der Waals surface area contributed by atoms with Crippen molar-refractivity contribution in [2.75, 3.05) is 0 Å². The Morgan fingerprint density at radius 2 is 2.14 bits per heavy atom. The van der Waals surface area contributed by atoms with E-state index in [0.29, 0.717) is 6.42 Å². The summed E-state index contributed by atoms with van der Waals surface area (Å²) in [5, 5.41) is 11.0. The van der Waals surface area contributed by atoms with Crippen molar-refractivity contribution in [1.29, 1.82) is 0 Å². The summed E-state index contributed by atoms with van der Waals surface area (Å²) in [5.41, 5.74) is 0. The van der Waals surface area contributed by atoms with Crippen molar-refractivity contribution in [3.8, 4) is 0 Å². The Hall–Kier alpha value is -1.52. The largest absolute Gasteiger partial charge is 0.480 e. The highest BCUT2D eigenvalue weighted by molar-refractivity contribution is 5.79. The lowest BCUT2D eigenvalue weighted by atomic mass is 10.0. The standard InChI is InChI=1S/C9H15NO4/c1-4-14-9(13)10-7(8(11)12)5-6(2)3/h4,6-7H,1,5H2,2-3H3,(H,10,13)(H,11,12)/t7-/m0/s1. The number of hydrogen-bond donors (Lipinski definition) is 2. The number of ether oxygens (including phenoxy) is 1. The van der Waals surface area contributed by atoms with Gasteiger partial charge >= 0.3 is 12.1 Å². The number of carbonyl (C=O) groups excluding carboxylic acids is 1. The molecule has 0 spiro atoms. The lowest BCUT2D eigenvalue weighted by Gasteiger charge is -2.15. The van der Waals surface area contributed by atoms with E-state index in [1.807, 2.05) is 13.8 Å². The zero-order valence-electron chi connectivity index (χ0n) is 8.32. The minimum Gasteiger partial charge on any atom is -0.480 e. The predicted octanol–water partition coefficient (Wildman–Crippen LogP) is 1.36. The summed E-state index contributed by atoms with van der Waals surface area (Å²) in [7, 11) is 0. The molecule has 80 valence electrons. The first-order valence-electron chi connectivity index (χ1n) is 4.28. The van der Waals surface area contributed by atoms with Gasteiger partial charge < -0.3 is 15.2 Å². The third-order valence-electron chi connectivity index (χ3n) is 1.49. The topological polar surface area (TPSA) is 75.6 Å². The van der Waals surface area contributed by atoms with E-state index in [0.717, 1.165) is 6.26 Å². The SMILES string of the molecule is C=COC(=O)N[C@@H](CC(C)C)C(=O)O. The first-order chi connectivity index (χ1) is 6.47. The van der Waals surface area contributed by atoms with Crippen molar-refractivity contribution in [3.05, 3.63) is 12.8 Å². The monoisotopic (exact) mass is 201 g/mol. The number of aliphatic carboxylic acids is 1. The molecule has 0 aromatic carbocycles. The number of nitrogens with one attached hydrogen (secondary N) is 1. The van der Waals surface area contributed by atoms with Gasteiger partial charge in [-0.25, -0.2) is 9.59 Å². The van der Waals surface area contributed by atoms with Crippen molar-refractivity contribution in [3.63, 3.8) is 0 Å². The lowest BCUT2D eigenvalue weighted by molar-refractivity contribution is -0.139. The highest BCUT2D eigenvalue weighted by Gasteiger charge is 2.21. The van der Waals surface area contributed by atoms with Gasteiger partial charge in [0.15, 0.2) is 0 Å². The maximum atomic E-state index is 10.9. The minimum atomic E-state index is -1.07. The van der Waals surface area contributed by atoms with Gasteiger partial charge in [-0.2, -0.15) is 0 Å². The Bertz CT molecular complexity index is 225. The molecule has 0 radical (unpaired) electrons. The van der Waals surface area contributed by atoms with Gasteiger partial charge in [0.1, 0.15) is 6.04 Å². The normalized spacial score (nSPS) is 11.9. The van der Waals surface area contributed by atoms with Crippen molar-refractivity contribution >= 4 is 12.1 Å². The molecule has 5 heteroatoms. The first kappa shape index (κ1) is 12.5. The maximum absolute atomic E-state index is 10.9. The van der Waals surface area contributed by atoms with E-state index >= 15 is 0 Å². The fourth-order valence-electron chi connectivity index (χ4n) is 0.945. The van der Waals surface area contributed by atoms with Crippen LogP contribution >= 0.6 is 0 Å². The molecule has 0 aliphatic heterocycles.